The van der Waals surface area contributed by atoms with Crippen molar-refractivity contribution in [1.29, 1.82) is 0 Å². The van der Waals surface area contributed by atoms with Gasteiger partial charge in [0.2, 0.25) is 0 Å². The van der Waals surface area contributed by atoms with Gasteiger partial charge in [0.05, 0.1) is 27.9 Å². The third kappa shape index (κ3) is 4.08. The van der Waals surface area contributed by atoms with E-state index >= 15 is 0 Å². The van der Waals surface area contributed by atoms with Gasteiger partial charge in [-0.05, 0) is 18.2 Å². The second kappa shape index (κ2) is 8.03. The lowest BCUT2D eigenvalue weighted by Gasteiger charge is -2.22. The molecule has 1 saturated heterocycles. The van der Waals surface area contributed by atoms with Gasteiger partial charge in [-0.25, -0.2) is 10.4 Å². The molecule has 0 saturated carbocycles. The summed E-state index contributed by atoms with van der Waals surface area (Å²) in [5.74, 6) is -0.437. The van der Waals surface area contributed by atoms with Gasteiger partial charge in [-0.15, -0.1) is 0 Å². The van der Waals surface area contributed by atoms with Crippen molar-refractivity contribution in [1.82, 2.24) is 26.1 Å². The zero-order valence-electron chi connectivity index (χ0n) is 14.7. The van der Waals surface area contributed by atoms with E-state index in [9.17, 15) is 13.6 Å². The average Bonchev–Trinajstić information content (AvgIpc) is 3.27. The van der Waals surface area contributed by atoms with Gasteiger partial charge in [-0.2, -0.15) is 8.78 Å². The molecule has 0 aliphatic carbocycles. The molecule has 1 amide bonds. The number of ether oxygens (including phenoxy) is 1. The van der Waals surface area contributed by atoms with Gasteiger partial charge in [0.25, 0.3) is 5.91 Å². The summed E-state index contributed by atoms with van der Waals surface area (Å²) in [6, 6.07) is 3.31. The van der Waals surface area contributed by atoms with Gasteiger partial charge in [0, 0.05) is 29.5 Å². The number of thiazole rings is 1. The quantitative estimate of drug-likeness (QED) is 0.482. The zero-order chi connectivity index (χ0) is 20.5. The normalized spacial score (nSPS) is 19.0. The Morgan fingerprint density at radius 1 is 1.41 bits per heavy atom. The summed E-state index contributed by atoms with van der Waals surface area (Å²) in [7, 11) is 0. The van der Waals surface area contributed by atoms with Crippen LogP contribution in [0.15, 0.2) is 30.6 Å². The number of rotatable bonds is 5. The van der Waals surface area contributed by atoms with Crippen LogP contribution in [0.3, 0.4) is 0 Å². The number of pyridine rings is 1. The van der Waals surface area contributed by atoms with Crippen molar-refractivity contribution in [2.75, 3.05) is 12.3 Å². The van der Waals surface area contributed by atoms with Crippen molar-refractivity contribution in [3.63, 3.8) is 0 Å². The van der Waals surface area contributed by atoms with Crippen LogP contribution in [0.25, 0.3) is 10.2 Å². The summed E-state index contributed by atoms with van der Waals surface area (Å²) < 4.78 is 30.9. The molecule has 0 radical (unpaired) electrons. The van der Waals surface area contributed by atoms with Crippen molar-refractivity contribution in [2.24, 2.45) is 0 Å². The fourth-order valence-electron chi connectivity index (χ4n) is 3.17. The maximum absolute atomic E-state index is 12.9. The van der Waals surface area contributed by atoms with Gasteiger partial charge in [0.15, 0.2) is 5.13 Å². The number of hydrogen-bond donors (Lipinski definition) is 4. The lowest BCUT2D eigenvalue weighted by molar-refractivity contribution is -0.0507. The van der Waals surface area contributed by atoms with Crippen LogP contribution < -0.4 is 26.6 Å². The SMILES string of the molecule is Nc1nc2c(C(=O)NC3CNNC3c3cc(Cl)ccc3OC(F)F)cncc2s1. The number of nitrogens with one attached hydrogen (secondary N) is 3. The van der Waals surface area contributed by atoms with Crippen LogP contribution >= 0.6 is 22.9 Å². The van der Waals surface area contributed by atoms with E-state index in [0.29, 0.717) is 32.5 Å². The predicted molar refractivity (Wildman–Crippen MR) is 105 cm³/mol. The molecule has 1 aliphatic heterocycles. The number of alkyl halides is 2. The Balaban J connectivity index is 1.61. The molecule has 4 rings (SSSR count). The lowest BCUT2D eigenvalue weighted by atomic mass is 9.99. The van der Waals surface area contributed by atoms with E-state index in [1.165, 1.54) is 35.7 Å². The number of halogens is 3. The smallest absolute Gasteiger partial charge is 0.387 e. The summed E-state index contributed by atoms with van der Waals surface area (Å²) in [5, 5.41) is 3.56. The summed E-state index contributed by atoms with van der Waals surface area (Å²) in [5.41, 5.74) is 12.7. The Labute approximate surface area is 172 Å². The number of nitrogens with zero attached hydrogens (tertiary/aromatic N) is 2. The van der Waals surface area contributed by atoms with Crippen LogP contribution in [0.4, 0.5) is 13.9 Å². The molecule has 8 nitrogen and oxygen atoms in total. The van der Waals surface area contributed by atoms with E-state index in [2.05, 4.69) is 30.9 Å². The number of hydrogen-bond acceptors (Lipinski definition) is 8. The van der Waals surface area contributed by atoms with Crippen LogP contribution in [0, 0.1) is 0 Å². The van der Waals surface area contributed by atoms with Gasteiger partial charge in [0.1, 0.15) is 5.75 Å². The average molecular weight is 441 g/mol. The van der Waals surface area contributed by atoms with E-state index in [1.807, 2.05) is 0 Å². The van der Waals surface area contributed by atoms with Crippen molar-refractivity contribution in [3.05, 3.63) is 46.7 Å². The maximum atomic E-state index is 12.9. The van der Waals surface area contributed by atoms with Crippen LogP contribution in [0.2, 0.25) is 5.02 Å². The van der Waals surface area contributed by atoms with E-state index in [0.717, 1.165) is 0 Å². The highest BCUT2D eigenvalue weighted by Crippen LogP contribution is 2.33. The molecule has 1 fully saturated rings. The molecule has 2 unspecified atom stereocenters. The number of aromatic nitrogens is 2. The van der Waals surface area contributed by atoms with Gasteiger partial charge < -0.3 is 15.8 Å². The largest absolute Gasteiger partial charge is 0.434 e. The maximum Gasteiger partial charge on any atom is 0.387 e. The number of nitrogens with two attached hydrogens (primary N) is 1. The fourth-order valence-corrected chi connectivity index (χ4v) is 4.08. The van der Waals surface area contributed by atoms with Crippen molar-refractivity contribution in [3.8, 4) is 5.75 Å². The molecular formula is C17H15ClF2N6O2S. The molecule has 1 aromatic carbocycles. The van der Waals surface area contributed by atoms with E-state index in [-0.39, 0.29) is 11.3 Å². The van der Waals surface area contributed by atoms with Crippen LogP contribution in [0.1, 0.15) is 22.0 Å². The molecule has 29 heavy (non-hydrogen) atoms. The molecule has 152 valence electrons. The van der Waals surface area contributed by atoms with Gasteiger partial charge in [-0.1, -0.05) is 22.9 Å². The molecule has 3 aromatic rings. The Morgan fingerprint density at radius 3 is 3.03 bits per heavy atom. The van der Waals surface area contributed by atoms with E-state index in [1.54, 1.807) is 6.20 Å². The summed E-state index contributed by atoms with van der Waals surface area (Å²) in [6.45, 7) is -2.64. The Kier molecular flexibility index (Phi) is 5.46. The highest BCUT2D eigenvalue weighted by atomic mass is 35.5. The Bertz CT molecular complexity index is 1070. The standard InChI is InChI=1S/C17H15ClF2N6O2S/c18-7-1-2-11(28-16(19)20)8(3-7)13-10(5-23-26-13)24-15(27)9-4-22-6-12-14(9)25-17(21)29-12/h1-4,6,10,13,16,23,26H,5H2,(H2,21,25)(H,24,27). The fraction of sp³-hybridized carbons (Fsp3) is 0.235. The first-order valence-corrected chi connectivity index (χ1v) is 9.65. The number of benzene rings is 1. The highest BCUT2D eigenvalue weighted by molar-refractivity contribution is 7.22. The lowest BCUT2D eigenvalue weighted by Crippen LogP contribution is -2.40. The first-order chi connectivity index (χ1) is 13.9. The minimum Gasteiger partial charge on any atom is -0.434 e. The summed E-state index contributed by atoms with van der Waals surface area (Å²) in [4.78, 5) is 21.1. The van der Waals surface area contributed by atoms with Crippen molar-refractivity contribution < 1.29 is 18.3 Å². The molecule has 0 bridgehead atoms. The van der Waals surface area contributed by atoms with Gasteiger partial charge in [-0.3, -0.25) is 15.2 Å². The topological polar surface area (TPSA) is 114 Å². The number of amides is 1. The van der Waals surface area contributed by atoms with E-state index in [4.69, 9.17) is 17.3 Å². The zero-order valence-corrected chi connectivity index (χ0v) is 16.2. The third-order valence-electron chi connectivity index (χ3n) is 4.39. The first kappa shape index (κ1) is 19.7. The molecule has 2 aromatic heterocycles. The summed E-state index contributed by atoms with van der Waals surface area (Å²) >= 11 is 7.27. The Hall–Kier alpha value is -2.60. The number of hydrazine groups is 1. The molecule has 3 heterocycles. The second-order valence-corrected chi connectivity index (χ2v) is 7.73. The molecule has 0 spiro atoms. The highest BCUT2D eigenvalue weighted by Gasteiger charge is 2.33. The van der Waals surface area contributed by atoms with Crippen LogP contribution in [0.5, 0.6) is 5.75 Å². The molecule has 5 N–H and O–H groups in total. The monoisotopic (exact) mass is 440 g/mol. The van der Waals surface area contributed by atoms with Crippen LogP contribution in [-0.2, 0) is 0 Å². The third-order valence-corrected chi connectivity index (χ3v) is 5.44. The van der Waals surface area contributed by atoms with Crippen LogP contribution in [-0.4, -0.2) is 35.1 Å². The minimum absolute atomic E-state index is 0.0270. The minimum atomic E-state index is -2.99. The summed E-state index contributed by atoms with van der Waals surface area (Å²) in [6.07, 6.45) is 2.99. The number of carbonyl (C=O) groups is 1. The number of carbonyl (C=O) groups excluding carboxylic acids is 1. The van der Waals surface area contributed by atoms with Gasteiger partial charge >= 0.3 is 6.61 Å². The first-order valence-electron chi connectivity index (χ1n) is 8.46. The van der Waals surface area contributed by atoms with Crippen molar-refractivity contribution >= 4 is 44.2 Å². The molecular weight excluding hydrogens is 426 g/mol. The molecule has 12 heteroatoms. The Morgan fingerprint density at radius 2 is 2.24 bits per heavy atom. The number of anilines is 1. The number of fused-ring (bicyclic) bond motifs is 1. The predicted octanol–water partition coefficient (Wildman–Crippen LogP) is 2.48. The van der Waals surface area contributed by atoms with E-state index < -0.39 is 24.6 Å². The molecule has 1 aliphatic rings. The number of nitrogen functional groups attached to an aromatic ring is 1. The second-order valence-electron chi connectivity index (χ2n) is 6.23. The van der Waals surface area contributed by atoms with Crippen molar-refractivity contribution in [2.45, 2.75) is 18.7 Å². The molecule has 2 atom stereocenters.